The first-order valence-electron chi connectivity index (χ1n) is 12.5. The molecule has 1 atom stereocenters. The lowest BCUT2D eigenvalue weighted by Crippen LogP contribution is -2.07. The fourth-order valence-corrected chi connectivity index (χ4v) is 4.81. The maximum atomic E-state index is 13.7. The van der Waals surface area contributed by atoms with E-state index in [9.17, 15) is 13.6 Å². The number of carbonyl (C=O) groups excluding carboxylic acids is 1. The number of ether oxygens (including phenoxy) is 2. The Balaban J connectivity index is 1.44. The Hall–Kier alpha value is -4.06. The van der Waals surface area contributed by atoms with Crippen molar-refractivity contribution in [1.82, 2.24) is 4.98 Å². The molecule has 4 aromatic rings. The summed E-state index contributed by atoms with van der Waals surface area (Å²) in [6.07, 6.45) is 5.66. The third-order valence-electron chi connectivity index (χ3n) is 6.60. The van der Waals surface area contributed by atoms with E-state index in [2.05, 4.69) is 23.2 Å². The normalized spacial score (nSPS) is 14.6. The van der Waals surface area contributed by atoms with Crippen LogP contribution in [0, 0.1) is 11.6 Å². The summed E-state index contributed by atoms with van der Waals surface area (Å²) in [5.41, 5.74) is 5.41. The smallest absolute Gasteiger partial charge is 0.305 e. The van der Waals surface area contributed by atoms with Gasteiger partial charge in [-0.1, -0.05) is 42.5 Å². The van der Waals surface area contributed by atoms with Crippen LogP contribution in [0.4, 0.5) is 8.78 Å². The molecule has 5 rings (SSSR count). The first-order valence-corrected chi connectivity index (χ1v) is 12.5. The SMILES string of the molecule is CCOC(=O)CCCC1c2ccccc2COc2ccc(C=Cc3ccc4cc(F)c(F)cc4n3)cc21. The molecule has 0 saturated heterocycles. The van der Waals surface area contributed by atoms with Crippen molar-refractivity contribution in [3.05, 3.63) is 106 Å². The molecular formula is C31H27F2NO3. The second-order valence-corrected chi connectivity index (χ2v) is 9.06. The van der Waals surface area contributed by atoms with Crippen LogP contribution in [0.25, 0.3) is 23.1 Å². The zero-order valence-electron chi connectivity index (χ0n) is 20.5. The molecule has 2 heterocycles. The third kappa shape index (κ3) is 5.53. The molecule has 0 spiro atoms. The van der Waals surface area contributed by atoms with Crippen LogP contribution in [0.15, 0.2) is 66.7 Å². The van der Waals surface area contributed by atoms with Gasteiger partial charge in [-0.2, -0.15) is 0 Å². The van der Waals surface area contributed by atoms with Crippen molar-refractivity contribution in [2.24, 2.45) is 0 Å². The molecule has 0 amide bonds. The maximum absolute atomic E-state index is 13.7. The highest BCUT2D eigenvalue weighted by molar-refractivity contribution is 5.81. The molecule has 3 aromatic carbocycles. The fourth-order valence-electron chi connectivity index (χ4n) is 4.81. The molecule has 37 heavy (non-hydrogen) atoms. The molecule has 0 saturated carbocycles. The van der Waals surface area contributed by atoms with Crippen molar-refractivity contribution < 1.29 is 23.0 Å². The Labute approximate surface area is 214 Å². The predicted octanol–water partition coefficient (Wildman–Crippen LogP) is 7.44. The maximum Gasteiger partial charge on any atom is 0.305 e. The summed E-state index contributed by atoms with van der Waals surface area (Å²) in [5.74, 6) is -1.07. The van der Waals surface area contributed by atoms with E-state index in [1.807, 2.05) is 43.3 Å². The number of carbonyl (C=O) groups is 1. The van der Waals surface area contributed by atoms with Crippen molar-refractivity contribution in [3.8, 4) is 5.75 Å². The average Bonchev–Trinajstić information content (AvgIpc) is 3.05. The first kappa shape index (κ1) is 24.6. The molecule has 1 unspecified atom stereocenters. The number of esters is 1. The standard InChI is InChI=1S/C31H27F2NO3/c1-2-36-31(35)9-5-8-25-24-7-4-3-6-22(24)19-37-30-15-11-20(16-26(25)30)10-13-23-14-12-21-17-27(32)28(33)18-29(21)34-23/h3-4,6-7,10-18,25H,2,5,8-9,19H2,1H3. The molecular weight excluding hydrogens is 472 g/mol. The second kappa shape index (κ2) is 10.9. The second-order valence-electron chi connectivity index (χ2n) is 9.06. The van der Waals surface area contributed by atoms with E-state index in [0.29, 0.717) is 42.7 Å². The zero-order chi connectivity index (χ0) is 25.8. The summed E-state index contributed by atoms with van der Waals surface area (Å²) >= 11 is 0. The molecule has 0 N–H and O–H groups in total. The van der Waals surface area contributed by atoms with Gasteiger partial charge in [-0.05, 0) is 66.8 Å². The van der Waals surface area contributed by atoms with Gasteiger partial charge in [0.25, 0.3) is 0 Å². The highest BCUT2D eigenvalue weighted by Gasteiger charge is 2.25. The lowest BCUT2D eigenvalue weighted by atomic mass is 9.84. The van der Waals surface area contributed by atoms with Crippen LogP contribution >= 0.6 is 0 Å². The van der Waals surface area contributed by atoms with Gasteiger partial charge in [-0.15, -0.1) is 0 Å². The lowest BCUT2D eigenvalue weighted by molar-refractivity contribution is -0.143. The molecule has 0 fully saturated rings. The summed E-state index contributed by atoms with van der Waals surface area (Å²) in [4.78, 5) is 16.4. The minimum atomic E-state index is -0.916. The van der Waals surface area contributed by atoms with Gasteiger partial charge in [-0.25, -0.2) is 13.8 Å². The number of rotatable bonds is 7. The van der Waals surface area contributed by atoms with Gasteiger partial charge in [-0.3, -0.25) is 4.79 Å². The highest BCUT2D eigenvalue weighted by atomic mass is 19.2. The number of nitrogens with zero attached hydrogens (tertiary/aromatic N) is 1. The molecule has 1 aliphatic heterocycles. The zero-order valence-corrected chi connectivity index (χ0v) is 20.5. The molecule has 0 aliphatic carbocycles. The van der Waals surface area contributed by atoms with Crippen LogP contribution in [0.3, 0.4) is 0 Å². The summed E-state index contributed by atoms with van der Waals surface area (Å²) < 4.78 is 38.5. The van der Waals surface area contributed by atoms with Crippen molar-refractivity contribution in [2.45, 2.75) is 38.7 Å². The number of aromatic nitrogens is 1. The van der Waals surface area contributed by atoms with Gasteiger partial charge in [0.15, 0.2) is 11.6 Å². The first-order chi connectivity index (χ1) is 18.0. The van der Waals surface area contributed by atoms with E-state index >= 15 is 0 Å². The van der Waals surface area contributed by atoms with Gasteiger partial charge in [0.05, 0.1) is 17.8 Å². The van der Waals surface area contributed by atoms with Crippen LogP contribution < -0.4 is 4.74 Å². The van der Waals surface area contributed by atoms with Gasteiger partial charge in [0.1, 0.15) is 12.4 Å². The number of pyridine rings is 1. The largest absolute Gasteiger partial charge is 0.489 e. The Morgan fingerprint density at radius 2 is 1.86 bits per heavy atom. The van der Waals surface area contributed by atoms with Gasteiger partial charge < -0.3 is 9.47 Å². The van der Waals surface area contributed by atoms with Crippen molar-refractivity contribution in [2.75, 3.05) is 6.61 Å². The molecule has 0 bridgehead atoms. The van der Waals surface area contributed by atoms with E-state index in [4.69, 9.17) is 9.47 Å². The lowest BCUT2D eigenvalue weighted by Gasteiger charge is -2.19. The van der Waals surface area contributed by atoms with Crippen molar-refractivity contribution >= 4 is 29.0 Å². The molecule has 188 valence electrons. The Morgan fingerprint density at radius 1 is 1.03 bits per heavy atom. The topological polar surface area (TPSA) is 48.4 Å². The minimum absolute atomic E-state index is 0.0770. The van der Waals surface area contributed by atoms with Crippen LogP contribution in [0.1, 0.15) is 60.1 Å². The van der Waals surface area contributed by atoms with Crippen molar-refractivity contribution in [1.29, 1.82) is 0 Å². The Kier molecular flexibility index (Phi) is 7.26. The van der Waals surface area contributed by atoms with E-state index in [1.165, 1.54) is 5.56 Å². The Bertz CT molecular complexity index is 1480. The molecule has 6 heteroatoms. The molecule has 1 aliphatic rings. The van der Waals surface area contributed by atoms with E-state index < -0.39 is 11.6 Å². The number of hydrogen-bond donors (Lipinski definition) is 0. The highest BCUT2D eigenvalue weighted by Crippen LogP contribution is 2.41. The van der Waals surface area contributed by atoms with Crippen LogP contribution in [0.5, 0.6) is 5.75 Å². The van der Waals surface area contributed by atoms with Crippen LogP contribution in [-0.2, 0) is 16.1 Å². The van der Waals surface area contributed by atoms with E-state index in [0.717, 1.165) is 41.0 Å². The van der Waals surface area contributed by atoms with Gasteiger partial charge >= 0.3 is 5.97 Å². The number of fused-ring (bicyclic) bond motifs is 3. The number of halogens is 2. The quantitative estimate of drug-likeness (QED) is 0.248. The monoisotopic (exact) mass is 499 g/mol. The summed E-state index contributed by atoms with van der Waals surface area (Å²) in [5, 5.41) is 0.544. The van der Waals surface area contributed by atoms with Gasteiger partial charge in [0, 0.05) is 29.4 Å². The molecule has 1 aromatic heterocycles. The summed E-state index contributed by atoms with van der Waals surface area (Å²) in [7, 11) is 0. The third-order valence-corrected chi connectivity index (χ3v) is 6.60. The summed E-state index contributed by atoms with van der Waals surface area (Å²) in [6.45, 7) is 2.69. The molecule has 0 radical (unpaired) electrons. The van der Waals surface area contributed by atoms with Crippen LogP contribution in [-0.4, -0.2) is 17.6 Å². The van der Waals surface area contributed by atoms with E-state index in [-0.39, 0.29) is 11.9 Å². The van der Waals surface area contributed by atoms with Crippen molar-refractivity contribution in [3.63, 3.8) is 0 Å². The molecule has 4 nitrogen and oxygen atoms in total. The number of benzene rings is 3. The predicted molar refractivity (Wildman–Crippen MR) is 140 cm³/mol. The van der Waals surface area contributed by atoms with Crippen LogP contribution in [0.2, 0.25) is 0 Å². The Morgan fingerprint density at radius 3 is 2.73 bits per heavy atom. The minimum Gasteiger partial charge on any atom is -0.489 e. The average molecular weight is 500 g/mol. The summed E-state index contributed by atoms with van der Waals surface area (Å²) in [6, 6.07) is 20.1. The van der Waals surface area contributed by atoms with Gasteiger partial charge in [0.2, 0.25) is 0 Å². The van der Waals surface area contributed by atoms with E-state index in [1.54, 1.807) is 12.1 Å². The number of hydrogen-bond acceptors (Lipinski definition) is 4. The fraction of sp³-hybridized carbons (Fsp3) is 0.226.